The maximum Gasteiger partial charge on any atom is 0.305 e. The molecule has 0 spiro atoms. The van der Waals surface area contributed by atoms with E-state index in [-0.39, 0.29) is 17.7 Å². The molecular weight excluding hydrogens is 336 g/mol. The highest BCUT2D eigenvalue weighted by Gasteiger charge is 2.40. The number of allylic oxidation sites excluding steroid dienone is 2. The lowest BCUT2D eigenvalue weighted by Crippen LogP contribution is -2.06. The first kappa shape index (κ1) is 19.9. The lowest BCUT2D eigenvalue weighted by atomic mass is 9.98. The standard InChI is InChI=1S/C24H32O3/c1-2-27-22(25)13-9-10-18-14-16-19(17-15-18)24(26)23-20-11-7-5-3-4-6-8-12-21(20)23/h14-17,23H,2-13H2,1H3. The van der Waals surface area contributed by atoms with E-state index in [0.717, 1.165) is 31.2 Å². The summed E-state index contributed by atoms with van der Waals surface area (Å²) in [4.78, 5) is 24.4. The molecule has 3 nitrogen and oxygen atoms in total. The number of rotatable bonds is 7. The van der Waals surface area contributed by atoms with E-state index in [1.807, 2.05) is 31.2 Å². The quantitative estimate of drug-likeness (QED) is 0.346. The van der Waals surface area contributed by atoms with Gasteiger partial charge in [-0.25, -0.2) is 0 Å². The molecule has 0 amide bonds. The van der Waals surface area contributed by atoms with Crippen molar-refractivity contribution < 1.29 is 14.3 Å². The third kappa shape index (κ3) is 5.54. The Labute approximate surface area is 163 Å². The zero-order valence-electron chi connectivity index (χ0n) is 16.6. The van der Waals surface area contributed by atoms with Crippen LogP contribution in [0.5, 0.6) is 0 Å². The zero-order valence-corrected chi connectivity index (χ0v) is 16.6. The molecule has 3 rings (SSSR count). The number of carbonyl (C=O) groups excluding carboxylic acids is 2. The first-order chi connectivity index (χ1) is 13.2. The fraction of sp³-hybridized carbons (Fsp3) is 0.583. The number of Topliss-reactive ketones (excluding diaryl/α,β-unsaturated/α-hetero) is 1. The second kappa shape index (κ2) is 9.87. The highest BCUT2D eigenvalue weighted by atomic mass is 16.5. The van der Waals surface area contributed by atoms with Gasteiger partial charge >= 0.3 is 5.97 Å². The van der Waals surface area contributed by atoms with Crippen LogP contribution in [0.4, 0.5) is 0 Å². The lowest BCUT2D eigenvalue weighted by Gasteiger charge is -2.05. The van der Waals surface area contributed by atoms with Crippen molar-refractivity contribution in [2.75, 3.05) is 6.61 Å². The third-order valence-electron chi connectivity index (χ3n) is 5.82. The summed E-state index contributed by atoms with van der Waals surface area (Å²) < 4.78 is 4.96. The van der Waals surface area contributed by atoms with Gasteiger partial charge in [-0.05, 0) is 51.0 Å². The molecular formula is C24H32O3. The second-order valence-electron chi connectivity index (χ2n) is 7.82. The fourth-order valence-corrected chi connectivity index (χ4v) is 4.25. The van der Waals surface area contributed by atoms with Gasteiger partial charge in [0.05, 0.1) is 12.5 Å². The normalized spacial score (nSPS) is 18.0. The number of hydrogen-bond donors (Lipinski definition) is 0. The van der Waals surface area contributed by atoms with E-state index in [1.54, 1.807) is 0 Å². The Bertz CT molecular complexity index is 664. The minimum atomic E-state index is -0.131. The summed E-state index contributed by atoms with van der Waals surface area (Å²) in [5.41, 5.74) is 4.89. The molecule has 1 aromatic rings. The van der Waals surface area contributed by atoms with E-state index in [0.29, 0.717) is 13.0 Å². The Morgan fingerprint density at radius 3 is 2.11 bits per heavy atom. The number of carbonyl (C=O) groups is 2. The van der Waals surface area contributed by atoms with Crippen molar-refractivity contribution >= 4 is 11.8 Å². The number of aryl methyl sites for hydroxylation is 1. The Kier molecular flexibility index (Phi) is 7.25. The molecule has 3 heteroatoms. The minimum Gasteiger partial charge on any atom is -0.466 e. The van der Waals surface area contributed by atoms with Crippen LogP contribution in [0.3, 0.4) is 0 Å². The Morgan fingerprint density at radius 2 is 1.52 bits per heavy atom. The molecule has 2 aliphatic rings. The first-order valence-electron chi connectivity index (χ1n) is 10.7. The number of benzene rings is 1. The molecule has 0 bridgehead atoms. The van der Waals surface area contributed by atoms with Gasteiger partial charge in [0.2, 0.25) is 0 Å². The Morgan fingerprint density at radius 1 is 0.926 bits per heavy atom. The van der Waals surface area contributed by atoms with Crippen molar-refractivity contribution in [2.45, 2.75) is 77.6 Å². The SMILES string of the molecule is CCOC(=O)CCCc1ccc(C(=O)C2C3=C2CCCCCCCC3)cc1. The van der Waals surface area contributed by atoms with Gasteiger partial charge in [0.15, 0.2) is 5.78 Å². The summed E-state index contributed by atoms with van der Waals surface area (Å²) in [6.45, 7) is 2.27. The van der Waals surface area contributed by atoms with E-state index in [2.05, 4.69) is 0 Å². The summed E-state index contributed by atoms with van der Waals surface area (Å²) in [5.74, 6) is 0.267. The molecule has 0 atom stereocenters. The van der Waals surface area contributed by atoms with Gasteiger partial charge in [0.1, 0.15) is 0 Å². The van der Waals surface area contributed by atoms with Crippen LogP contribution in [0, 0.1) is 5.92 Å². The van der Waals surface area contributed by atoms with Gasteiger partial charge in [-0.15, -0.1) is 0 Å². The van der Waals surface area contributed by atoms with E-state index in [4.69, 9.17) is 4.74 Å². The van der Waals surface area contributed by atoms with Crippen LogP contribution in [0.25, 0.3) is 0 Å². The first-order valence-corrected chi connectivity index (χ1v) is 10.7. The summed E-state index contributed by atoms with van der Waals surface area (Å²) >= 11 is 0. The van der Waals surface area contributed by atoms with Crippen LogP contribution in [0.15, 0.2) is 35.4 Å². The molecule has 0 radical (unpaired) electrons. The van der Waals surface area contributed by atoms with Gasteiger partial charge in [0.25, 0.3) is 0 Å². The zero-order chi connectivity index (χ0) is 19.1. The van der Waals surface area contributed by atoms with E-state index >= 15 is 0 Å². The van der Waals surface area contributed by atoms with Crippen molar-refractivity contribution in [1.29, 1.82) is 0 Å². The molecule has 0 N–H and O–H groups in total. The summed E-state index contributed by atoms with van der Waals surface area (Å²) in [6, 6.07) is 8.00. The van der Waals surface area contributed by atoms with Gasteiger partial charge in [0, 0.05) is 12.0 Å². The van der Waals surface area contributed by atoms with Gasteiger partial charge in [-0.3, -0.25) is 9.59 Å². The van der Waals surface area contributed by atoms with Crippen molar-refractivity contribution in [3.05, 3.63) is 46.5 Å². The van der Waals surface area contributed by atoms with E-state index < -0.39 is 0 Å². The lowest BCUT2D eigenvalue weighted by molar-refractivity contribution is -0.143. The molecule has 0 aliphatic heterocycles. The average Bonchev–Trinajstić information content (AvgIpc) is 3.38. The minimum absolute atomic E-state index is 0.109. The Balaban J connectivity index is 1.51. The number of esters is 1. The molecule has 1 aromatic carbocycles. The molecule has 0 fully saturated rings. The fourth-order valence-electron chi connectivity index (χ4n) is 4.25. The monoisotopic (exact) mass is 368 g/mol. The third-order valence-corrected chi connectivity index (χ3v) is 5.82. The van der Waals surface area contributed by atoms with E-state index in [9.17, 15) is 9.59 Å². The molecule has 27 heavy (non-hydrogen) atoms. The Hall–Kier alpha value is -1.90. The van der Waals surface area contributed by atoms with Crippen LogP contribution in [-0.4, -0.2) is 18.4 Å². The van der Waals surface area contributed by atoms with Crippen LogP contribution in [0.1, 0.15) is 87.1 Å². The summed E-state index contributed by atoms with van der Waals surface area (Å²) in [6.07, 6.45) is 12.1. The van der Waals surface area contributed by atoms with Gasteiger partial charge < -0.3 is 4.74 Å². The molecule has 146 valence electrons. The van der Waals surface area contributed by atoms with Gasteiger partial charge in [-0.2, -0.15) is 0 Å². The van der Waals surface area contributed by atoms with Crippen LogP contribution < -0.4 is 0 Å². The van der Waals surface area contributed by atoms with Crippen LogP contribution in [0.2, 0.25) is 0 Å². The van der Waals surface area contributed by atoms with Crippen molar-refractivity contribution in [2.24, 2.45) is 5.92 Å². The maximum atomic E-state index is 13.0. The molecule has 0 unspecified atom stereocenters. The number of hydrogen-bond acceptors (Lipinski definition) is 3. The maximum absolute atomic E-state index is 13.0. The van der Waals surface area contributed by atoms with Crippen molar-refractivity contribution in [3.8, 4) is 0 Å². The van der Waals surface area contributed by atoms with Crippen molar-refractivity contribution in [3.63, 3.8) is 0 Å². The molecule has 0 saturated heterocycles. The van der Waals surface area contributed by atoms with Crippen molar-refractivity contribution in [1.82, 2.24) is 0 Å². The number of ketones is 1. The average molecular weight is 369 g/mol. The summed E-state index contributed by atoms with van der Waals surface area (Å²) in [5, 5.41) is 0. The smallest absolute Gasteiger partial charge is 0.305 e. The predicted octanol–water partition coefficient (Wildman–Crippen LogP) is 5.82. The molecule has 0 heterocycles. The number of ether oxygens (including phenoxy) is 1. The topological polar surface area (TPSA) is 43.4 Å². The van der Waals surface area contributed by atoms with Crippen LogP contribution >= 0.6 is 0 Å². The highest BCUT2D eigenvalue weighted by molar-refractivity contribution is 6.04. The predicted molar refractivity (Wildman–Crippen MR) is 108 cm³/mol. The largest absolute Gasteiger partial charge is 0.466 e. The molecule has 0 saturated carbocycles. The molecule has 2 aliphatic carbocycles. The summed E-state index contributed by atoms with van der Waals surface area (Å²) in [7, 11) is 0. The molecule has 0 aromatic heterocycles. The van der Waals surface area contributed by atoms with Crippen LogP contribution in [-0.2, 0) is 16.0 Å². The second-order valence-corrected chi connectivity index (χ2v) is 7.82. The highest BCUT2D eigenvalue weighted by Crippen LogP contribution is 2.48. The van der Waals surface area contributed by atoms with Gasteiger partial charge in [-0.1, -0.05) is 61.1 Å². The van der Waals surface area contributed by atoms with E-state index in [1.165, 1.54) is 55.2 Å².